The van der Waals surface area contributed by atoms with E-state index in [9.17, 15) is 14.9 Å². The Bertz CT molecular complexity index is 1680. The van der Waals surface area contributed by atoms with Gasteiger partial charge >= 0.3 is 0 Å². The van der Waals surface area contributed by atoms with Crippen LogP contribution >= 0.6 is 34.7 Å². The largest absolute Gasteiger partial charge is 0.493 e. The number of Topliss-reactive ketones (excluding diaryl/α,β-unsaturated/α-hetero) is 1. The molecule has 0 spiro atoms. The Hall–Kier alpha value is -4.25. The predicted octanol–water partition coefficient (Wildman–Crippen LogP) is 5.25. The number of hydrogen-bond acceptors (Lipinski definition) is 12. The van der Waals surface area contributed by atoms with E-state index in [0.717, 1.165) is 0 Å². The maximum atomic E-state index is 13.5. The maximum Gasteiger partial charge on any atom is 0.234 e. The Morgan fingerprint density at radius 1 is 1.14 bits per heavy atom. The number of nitrogens with zero attached hydrogens (tertiary/aromatic N) is 4. The minimum atomic E-state index is -0.780. The lowest BCUT2D eigenvalue weighted by Crippen LogP contribution is -2.38. The number of ether oxygens (including phenoxy) is 3. The number of methoxy groups -OCH3 is 3. The predicted molar refractivity (Wildman–Crippen MR) is 165 cm³/mol. The summed E-state index contributed by atoms with van der Waals surface area (Å²) in [6.07, 6.45) is 1.49. The summed E-state index contributed by atoms with van der Waals surface area (Å²) in [6, 6.07) is 12.5. The molecule has 1 amide bonds. The fourth-order valence-corrected chi connectivity index (χ4v) is 6.98. The fraction of sp³-hybridized carbons (Fsp3) is 0.276. The van der Waals surface area contributed by atoms with Gasteiger partial charge in [0.2, 0.25) is 16.8 Å². The minimum absolute atomic E-state index is 0.0914. The van der Waals surface area contributed by atoms with Crippen LogP contribution in [0.25, 0.3) is 0 Å². The average molecular weight is 639 g/mol. The molecule has 0 fully saturated rings. The molecule has 0 saturated heterocycles. The highest BCUT2D eigenvalue weighted by atomic mass is 35.5. The first-order valence-corrected chi connectivity index (χ1v) is 15.3. The molecule has 222 valence electrons. The molecule has 1 aliphatic heterocycles. The highest BCUT2D eigenvalue weighted by Gasteiger charge is 2.43. The number of rotatable bonds is 9. The number of halogens is 1. The van der Waals surface area contributed by atoms with Crippen molar-refractivity contribution in [2.45, 2.75) is 29.5 Å². The summed E-state index contributed by atoms with van der Waals surface area (Å²) in [5, 5.41) is 22.7. The third-order valence-electron chi connectivity index (χ3n) is 7.00. The number of ketones is 1. The van der Waals surface area contributed by atoms with Gasteiger partial charge < -0.3 is 25.3 Å². The summed E-state index contributed by atoms with van der Waals surface area (Å²) in [7, 11) is 4.49. The second-order valence-corrected chi connectivity index (χ2v) is 12.0. The lowest BCUT2D eigenvalue weighted by atomic mass is 9.75. The molecule has 2 heterocycles. The van der Waals surface area contributed by atoms with Crippen molar-refractivity contribution in [3.63, 3.8) is 0 Å². The van der Waals surface area contributed by atoms with E-state index in [1.807, 2.05) is 0 Å². The molecule has 11 nitrogen and oxygen atoms in total. The summed E-state index contributed by atoms with van der Waals surface area (Å²) in [6.45, 7) is 0. The van der Waals surface area contributed by atoms with E-state index < -0.39 is 5.92 Å². The van der Waals surface area contributed by atoms with Crippen LogP contribution in [0.1, 0.15) is 30.7 Å². The maximum absolute atomic E-state index is 13.5. The highest BCUT2D eigenvalue weighted by Crippen LogP contribution is 2.52. The van der Waals surface area contributed by atoms with Crippen molar-refractivity contribution < 1.29 is 23.8 Å². The molecule has 0 bridgehead atoms. The molecular weight excluding hydrogens is 612 g/mol. The van der Waals surface area contributed by atoms with Crippen LogP contribution in [0, 0.1) is 11.3 Å². The number of allylic oxidation sites excluding steroid dienone is 3. The number of hydrogen-bond donors (Lipinski definition) is 2. The second-order valence-electron chi connectivity index (χ2n) is 9.43. The number of amides is 1. The lowest BCUT2D eigenvalue weighted by Gasteiger charge is -2.38. The van der Waals surface area contributed by atoms with Crippen LogP contribution in [0.2, 0.25) is 5.02 Å². The third-order valence-corrected chi connectivity index (χ3v) is 9.29. The number of nitriles is 1. The second kappa shape index (κ2) is 12.9. The zero-order valence-electron chi connectivity index (χ0n) is 23.5. The average Bonchev–Trinajstić information content (AvgIpc) is 3.48. The van der Waals surface area contributed by atoms with E-state index in [-0.39, 0.29) is 28.8 Å². The minimum Gasteiger partial charge on any atom is -0.493 e. The van der Waals surface area contributed by atoms with Gasteiger partial charge in [0.05, 0.1) is 44.6 Å². The van der Waals surface area contributed by atoms with Gasteiger partial charge in [-0.05, 0) is 43.2 Å². The van der Waals surface area contributed by atoms with E-state index in [1.165, 1.54) is 44.4 Å². The summed E-state index contributed by atoms with van der Waals surface area (Å²) in [5.41, 5.74) is 9.16. The van der Waals surface area contributed by atoms with Crippen molar-refractivity contribution in [1.82, 2.24) is 10.2 Å². The van der Waals surface area contributed by atoms with E-state index in [4.69, 9.17) is 31.5 Å². The lowest BCUT2D eigenvalue weighted by molar-refractivity contribution is -0.116. The monoisotopic (exact) mass is 638 g/mol. The van der Waals surface area contributed by atoms with E-state index in [2.05, 4.69) is 21.6 Å². The van der Waals surface area contributed by atoms with Gasteiger partial charge in [-0.25, -0.2) is 0 Å². The van der Waals surface area contributed by atoms with E-state index >= 15 is 0 Å². The van der Waals surface area contributed by atoms with Gasteiger partial charge in [-0.2, -0.15) is 5.26 Å². The molecule has 43 heavy (non-hydrogen) atoms. The molecule has 2 aliphatic rings. The van der Waals surface area contributed by atoms with Gasteiger partial charge in [-0.15, -0.1) is 10.2 Å². The van der Waals surface area contributed by atoms with Crippen LogP contribution in [0.15, 0.2) is 63.4 Å². The number of aromatic nitrogens is 2. The molecule has 0 radical (unpaired) electrons. The van der Waals surface area contributed by atoms with Gasteiger partial charge in [-0.1, -0.05) is 40.8 Å². The van der Waals surface area contributed by atoms with Gasteiger partial charge in [0.25, 0.3) is 0 Å². The van der Waals surface area contributed by atoms with Gasteiger partial charge in [-0.3, -0.25) is 14.5 Å². The smallest absolute Gasteiger partial charge is 0.234 e. The molecule has 3 aromatic rings. The van der Waals surface area contributed by atoms with Crippen molar-refractivity contribution in [2.24, 2.45) is 5.73 Å². The number of nitrogens with one attached hydrogen (secondary N) is 1. The van der Waals surface area contributed by atoms with Crippen LogP contribution in [0.5, 0.6) is 17.2 Å². The number of nitrogens with two attached hydrogens (primary N) is 1. The van der Waals surface area contributed by atoms with Crippen molar-refractivity contribution >= 4 is 57.2 Å². The molecule has 3 N–H and O–H groups in total. The normalized spacial score (nSPS) is 16.5. The Balaban J connectivity index is 1.48. The first-order valence-electron chi connectivity index (χ1n) is 13.1. The highest BCUT2D eigenvalue weighted by molar-refractivity contribution is 8.01. The third kappa shape index (κ3) is 5.86. The first-order chi connectivity index (χ1) is 20.8. The summed E-state index contributed by atoms with van der Waals surface area (Å²) >= 11 is 8.34. The number of thioether (sulfide) groups is 1. The van der Waals surface area contributed by atoms with E-state index in [1.54, 1.807) is 41.3 Å². The summed E-state index contributed by atoms with van der Waals surface area (Å²) in [5.74, 6) is 0.285. The summed E-state index contributed by atoms with van der Waals surface area (Å²) in [4.78, 5) is 27.7. The SMILES string of the molecule is COc1ccc(C2C(C#N)=C(N)N(c3nnc(SCC(=O)Nc4ccc(Cl)cc4)s3)C3=C2C(=O)CCC3)c(OC)c1OC. The van der Waals surface area contributed by atoms with Crippen molar-refractivity contribution in [1.29, 1.82) is 5.26 Å². The zero-order chi connectivity index (χ0) is 30.7. The number of carbonyl (C=O) groups is 2. The topological polar surface area (TPSA) is 153 Å². The van der Waals surface area contributed by atoms with Crippen molar-refractivity contribution in [2.75, 3.05) is 37.3 Å². The molecule has 1 unspecified atom stereocenters. The molecule has 1 aromatic heterocycles. The number of carbonyl (C=O) groups excluding carboxylic acids is 2. The first kappa shape index (κ1) is 30.2. The van der Waals surface area contributed by atoms with Gasteiger partial charge in [0.1, 0.15) is 5.82 Å². The molecule has 0 saturated carbocycles. The Kier molecular flexibility index (Phi) is 9.10. The van der Waals surface area contributed by atoms with Crippen LogP contribution < -0.4 is 30.2 Å². The number of benzene rings is 2. The Labute approximate surface area is 261 Å². The van der Waals surface area contributed by atoms with Crippen molar-refractivity contribution in [3.05, 3.63) is 69.6 Å². The Morgan fingerprint density at radius 3 is 2.56 bits per heavy atom. The molecule has 5 rings (SSSR count). The quantitative estimate of drug-likeness (QED) is 0.295. The molecule has 1 atom stereocenters. The van der Waals surface area contributed by atoms with Crippen LogP contribution in [-0.4, -0.2) is 49.0 Å². The zero-order valence-corrected chi connectivity index (χ0v) is 25.9. The summed E-state index contributed by atoms with van der Waals surface area (Å²) < 4.78 is 17.3. The molecule has 14 heteroatoms. The van der Waals surface area contributed by atoms with Crippen LogP contribution in [0.3, 0.4) is 0 Å². The number of anilines is 2. The van der Waals surface area contributed by atoms with Gasteiger partial charge in [0.15, 0.2) is 21.6 Å². The standard InChI is InChI=1S/C29H27ClN6O5S2/c1-39-21-12-11-17(25(40-2)26(21)41-3)23-18(13-31)27(32)36(19-5-4-6-20(37)24(19)23)28-34-35-29(43-28)42-14-22(38)33-16-9-7-15(30)8-10-16/h7-12,23H,4-6,14,32H2,1-3H3,(H,33,38). The molecule has 2 aromatic carbocycles. The van der Waals surface area contributed by atoms with Crippen LogP contribution in [-0.2, 0) is 9.59 Å². The molecule has 1 aliphatic carbocycles. The Morgan fingerprint density at radius 2 is 1.88 bits per heavy atom. The fourth-order valence-electron chi connectivity index (χ4n) is 5.18. The molecular formula is C29H27ClN6O5S2. The van der Waals surface area contributed by atoms with Crippen LogP contribution in [0.4, 0.5) is 10.8 Å². The van der Waals surface area contributed by atoms with E-state index in [0.29, 0.717) is 73.5 Å². The van der Waals surface area contributed by atoms with Gasteiger partial charge in [0, 0.05) is 34.0 Å². The van der Waals surface area contributed by atoms with Crippen molar-refractivity contribution in [3.8, 4) is 23.3 Å².